The summed E-state index contributed by atoms with van der Waals surface area (Å²) in [6.45, 7) is 0.970. The van der Waals surface area contributed by atoms with E-state index in [-0.39, 0.29) is 24.0 Å². The minimum absolute atomic E-state index is 0.0559. The number of anilines is 1. The average Bonchev–Trinajstić information content (AvgIpc) is 2.93. The Morgan fingerprint density at radius 2 is 1.96 bits per heavy atom. The number of nitrogens with one attached hydrogen (secondary N) is 3. The van der Waals surface area contributed by atoms with Gasteiger partial charge in [-0.15, -0.1) is 0 Å². The summed E-state index contributed by atoms with van der Waals surface area (Å²) in [5, 5.41) is 8.06. The zero-order valence-corrected chi connectivity index (χ0v) is 15.0. The Labute approximate surface area is 156 Å². The molecule has 1 aliphatic rings. The molecule has 0 spiro atoms. The van der Waals surface area contributed by atoms with E-state index in [4.69, 9.17) is 0 Å². The van der Waals surface area contributed by atoms with Crippen molar-refractivity contribution in [2.75, 3.05) is 25.5 Å². The molecule has 0 fully saturated rings. The fourth-order valence-electron chi connectivity index (χ4n) is 2.98. The van der Waals surface area contributed by atoms with Crippen LogP contribution in [0.4, 0.5) is 5.69 Å². The number of benzene rings is 1. The summed E-state index contributed by atoms with van der Waals surface area (Å²) in [5.41, 5.74) is 0.923. The third-order valence-corrected chi connectivity index (χ3v) is 4.26. The van der Waals surface area contributed by atoms with Crippen LogP contribution in [-0.2, 0) is 14.4 Å². The minimum atomic E-state index is -1.04. The van der Waals surface area contributed by atoms with Gasteiger partial charge in [-0.05, 0) is 25.0 Å². The predicted molar refractivity (Wildman–Crippen MR) is 97.3 cm³/mol. The lowest BCUT2D eigenvalue weighted by Gasteiger charge is -2.24. The molecule has 1 aliphatic heterocycles. The molecule has 0 aromatic heterocycles. The number of hydrogen-bond acceptors (Lipinski definition) is 6. The second-order valence-electron chi connectivity index (χ2n) is 5.93. The summed E-state index contributed by atoms with van der Waals surface area (Å²) in [6, 6.07) is 3.83. The van der Waals surface area contributed by atoms with Crippen LogP contribution in [0.5, 0.6) is 0 Å². The van der Waals surface area contributed by atoms with Crippen molar-refractivity contribution < 1.29 is 24.0 Å². The molecule has 0 aliphatic carbocycles. The largest absolute Gasteiger partial charge is 0.384 e. The van der Waals surface area contributed by atoms with E-state index >= 15 is 0 Å². The Morgan fingerprint density at radius 1 is 1.19 bits per heavy atom. The topological polar surface area (TPSA) is 125 Å². The first-order valence-electron chi connectivity index (χ1n) is 8.63. The zero-order valence-electron chi connectivity index (χ0n) is 15.0. The van der Waals surface area contributed by atoms with E-state index in [1.165, 1.54) is 13.1 Å². The van der Waals surface area contributed by atoms with Gasteiger partial charge in [-0.1, -0.05) is 6.07 Å². The highest BCUT2D eigenvalue weighted by Gasteiger charge is 2.43. The standard InChI is InChI=1S/C18H22N4O5/c1-19-16(25)14(7-3-10-23)22-17(26)12-5-2-6-13(15(12)18(22)27)21-9-4-8-20-11-24/h2,5-6,10-11,14,21H,3-4,7-9H2,1H3,(H,19,25)(H,20,24). The summed E-state index contributed by atoms with van der Waals surface area (Å²) in [5.74, 6) is -1.62. The van der Waals surface area contributed by atoms with Crippen LogP contribution in [0.15, 0.2) is 18.2 Å². The Bertz CT molecular complexity index is 749. The van der Waals surface area contributed by atoms with E-state index in [0.29, 0.717) is 37.9 Å². The maximum Gasteiger partial charge on any atom is 0.264 e. The van der Waals surface area contributed by atoms with Gasteiger partial charge in [0.15, 0.2) is 0 Å². The van der Waals surface area contributed by atoms with E-state index in [9.17, 15) is 24.0 Å². The minimum Gasteiger partial charge on any atom is -0.384 e. The third kappa shape index (κ3) is 4.30. The van der Waals surface area contributed by atoms with Gasteiger partial charge in [0.05, 0.1) is 11.1 Å². The molecule has 1 aromatic rings. The lowest BCUT2D eigenvalue weighted by Crippen LogP contribution is -2.48. The van der Waals surface area contributed by atoms with Crippen molar-refractivity contribution in [1.82, 2.24) is 15.5 Å². The van der Waals surface area contributed by atoms with Gasteiger partial charge in [0.25, 0.3) is 11.8 Å². The lowest BCUT2D eigenvalue weighted by molar-refractivity contribution is -0.124. The first-order chi connectivity index (χ1) is 13.1. The monoisotopic (exact) mass is 374 g/mol. The number of amides is 4. The van der Waals surface area contributed by atoms with Crippen molar-refractivity contribution in [2.24, 2.45) is 0 Å². The smallest absolute Gasteiger partial charge is 0.264 e. The van der Waals surface area contributed by atoms with Gasteiger partial charge < -0.3 is 20.7 Å². The van der Waals surface area contributed by atoms with E-state index in [2.05, 4.69) is 16.0 Å². The van der Waals surface area contributed by atoms with Crippen molar-refractivity contribution in [3.63, 3.8) is 0 Å². The van der Waals surface area contributed by atoms with Crippen LogP contribution < -0.4 is 16.0 Å². The van der Waals surface area contributed by atoms with Crippen LogP contribution in [0, 0.1) is 0 Å². The molecule has 144 valence electrons. The van der Waals surface area contributed by atoms with Gasteiger partial charge in [0.1, 0.15) is 12.3 Å². The van der Waals surface area contributed by atoms with Gasteiger partial charge in [0, 0.05) is 32.2 Å². The highest BCUT2D eigenvalue weighted by atomic mass is 16.2. The Hall–Kier alpha value is -3.23. The average molecular weight is 374 g/mol. The molecule has 4 amide bonds. The number of carbonyl (C=O) groups excluding carboxylic acids is 5. The van der Waals surface area contributed by atoms with Gasteiger partial charge in [0.2, 0.25) is 12.3 Å². The number of nitrogens with zero attached hydrogens (tertiary/aromatic N) is 1. The fraction of sp³-hybridized carbons (Fsp3) is 0.389. The molecule has 0 bridgehead atoms. The van der Waals surface area contributed by atoms with Crippen molar-refractivity contribution >= 4 is 36.1 Å². The highest BCUT2D eigenvalue weighted by molar-refractivity contribution is 6.25. The normalized spacial score (nSPS) is 13.7. The first kappa shape index (κ1) is 20.1. The molecule has 1 heterocycles. The van der Waals surface area contributed by atoms with E-state index in [1.54, 1.807) is 12.1 Å². The van der Waals surface area contributed by atoms with Crippen LogP contribution in [0.25, 0.3) is 0 Å². The number of likely N-dealkylation sites (N-methyl/N-ethyl adjacent to an activating group) is 1. The first-order valence-corrected chi connectivity index (χ1v) is 8.63. The van der Waals surface area contributed by atoms with Crippen molar-refractivity contribution in [1.29, 1.82) is 0 Å². The number of rotatable bonds is 11. The molecular weight excluding hydrogens is 352 g/mol. The summed E-state index contributed by atoms with van der Waals surface area (Å²) < 4.78 is 0. The van der Waals surface area contributed by atoms with E-state index in [0.717, 1.165) is 4.90 Å². The molecule has 0 saturated heterocycles. The molecule has 27 heavy (non-hydrogen) atoms. The third-order valence-electron chi connectivity index (χ3n) is 4.26. The van der Waals surface area contributed by atoms with Gasteiger partial charge >= 0.3 is 0 Å². The number of carbonyl (C=O) groups is 5. The Morgan fingerprint density at radius 3 is 2.63 bits per heavy atom. The predicted octanol–water partition coefficient (Wildman–Crippen LogP) is -0.0757. The molecule has 2 rings (SSSR count). The van der Waals surface area contributed by atoms with Crippen molar-refractivity contribution in [3.05, 3.63) is 29.3 Å². The summed E-state index contributed by atoms with van der Waals surface area (Å²) >= 11 is 0. The molecule has 0 saturated carbocycles. The maximum absolute atomic E-state index is 12.9. The summed E-state index contributed by atoms with van der Waals surface area (Å²) in [7, 11) is 1.41. The molecule has 1 unspecified atom stereocenters. The fourth-order valence-corrected chi connectivity index (χ4v) is 2.98. The second-order valence-corrected chi connectivity index (χ2v) is 5.93. The van der Waals surface area contributed by atoms with Crippen molar-refractivity contribution in [2.45, 2.75) is 25.3 Å². The van der Waals surface area contributed by atoms with E-state index in [1.807, 2.05) is 0 Å². The van der Waals surface area contributed by atoms with Gasteiger partial charge in [-0.3, -0.25) is 24.1 Å². The highest BCUT2D eigenvalue weighted by Crippen LogP contribution is 2.31. The van der Waals surface area contributed by atoms with Crippen LogP contribution in [0.3, 0.4) is 0 Å². The lowest BCUT2D eigenvalue weighted by atomic mass is 10.1. The van der Waals surface area contributed by atoms with Crippen molar-refractivity contribution in [3.8, 4) is 0 Å². The SMILES string of the molecule is CNC(=O)C(CCC=O)N1C(=O)c2cccc(NCCCNC=O)c2C1=O. The number of hydrogen-bond donors (Lipinski definition) is 3. The quantitative estimate of drug-likeness (QED) is 0.283. The van der Waals surface area contributed by atoms with Crippen LogP contribution in [0.1, 0.15) is 40.0 Å². The number of fused-ring (bicyclic) bond motifs is 1. The van der Waals surface area contributed by atoms with Gasteiger partial charge in [-0.2, -0.15) is 0 Å². The molecule has 9 heteroatoms. The molecule has 1 aromatic carbocycles. The number of aldehydes is 1. The maximum atomic E-state index is 12.9. The molecule has 9 nitrogen and oxygen atoms in total. The Balaban J connectivity index is 2.24. The second kappa shape index (κ2) is 9.46. The zero-order chi connectivity index (χ0) is 19.8. The molecule has 1 atom stereocenters. The molecule has 3 N–H and O–H groups in total. The van der Waals surface area contributed by atoms with Gasteiger partial charge in [-0.25, -0.2) is 0 Å². The summed E-state index contributed by atoms with van der Waals surface area (Å²) in [6.07, 6.45) is 2.01. The van der Waals surface area contributed by atoms with Crippen LogP contribution in [0.2, 0.25) is 0 Å². The molecule has 0 radical (unpaired) electrons. The number of imide groups is 1. The van der Waals surface area contributed by atoms with Crippen LogP contribution in [-0.4, -0.2) is 61.5 Å². The Kier molecular flexibility index (Phi) is 7.04. The molecular formula is C18H22N4O5. The van der Waals surface area contributed by atoms with Crippen LogP contribution >= 0.6 is 0 Å². The summed E-state index contributed by atoms with van der Waals surface area (Å²) in [4.78, 5) is 59.7. The van der Waals surface area contributed by atoms with E-state index < -0.39 is 23.8 Å².